The molecule has 2 atom stereocenters. The molecular formula is C66H123NO5. The van der Waals surface area contributed by atoms with Gasteiger partial charge in [-0.05, 0) is 89.9 Å². The fourth-order valence-electron chi connectivity index (χ4n) is 9.66. The van der Waals surface area contributed by atoms with E-state index in [0.29, 0.717) is 19.4 Å². The Morgan fingerprint density at radius 1 is 0.389 bits per heavy atom. The predicted octanol–water partition coefficient (Wildman–Crippen LogP) is 20.1. The zero-order valence-electron chi connectivity index (χ0n) is 48.2. The van der Waals surface area contributed by atoms with Crippen LogP contribution in [0.5, 0.6) is 0 Å². The topological polar surface area (TPSA) is 95.9 Å². The molecule has 1 amide bonds. The standard InChI is InChI=1S/C66H123NO5/c1-3-5-7-9-11-13-15-17-18-32-36-40-44-48-52-56-60-66(71)72-61-57-53-49-45-41-37-33-30-28-26-24-22-20-19-21-23-25-27-29-31-35-39-43-47-51-55-59-65(70)67-63(62-68)64(69)58-54-50-46-42-38-34-16-14-12-10-8-6-4-2/h13,15,18-19,21,32,54,58,63-64,68-69H,3-12,14,16-17,20,22-31,33-53,55-57,59-62H2,1-2H3,(H,67,70)/b15-13-,21-19-,32-18-,58-54+. The first-order chi connectivity index (χ1) is 35.5. The number of rotatable bonds is 59. The van der Waals surface area contributed by atoms with E-state index in [-0.39, 0.29) is 18.5 Å². The van der Waals surface area contributed by atoms with Crippen LogP contribution in [0.2, 0.25) is 0 Å². The maximum atomic E-state index is 12.4. The Hall–Kier alpha value is -2.18. The van der Waals surface area contributed by atoms with E-state index in [4.69, 9.17) is 4.74 Å². The van der Waals surface area contributed by atoms with Crippen molar-refractivity contribution in [3.63, 3.8) is 0 Å². The molecule has 0 aromatic carbocycles. The number of unbranched alkanes of at least 4 members (excludes halogenated alkanes) is 42. The van der Waals surface area contributed by atoms with Gasteiger partial charge in [0, 0.05) is 12.8 Å². The third-order valence-electron chi connectivity index (χ3n) is 14.6. The third-order valence-corrected chi connectivity index (χ3v) is 14.6. The molecule has 0 fully saturated rings. The molecule has 0 aromatic heterocycles. The summed E-state index contributed by atoms with van der Waals surface area (Å²) in [5.74, 6) is -0.0698. The van der Waals surface area contributed by atoms with Crippen molar-refractivity contribution in [2.75, 3.05) is 13.2 Å². The maximum Gasteiger partial charge on any atom is 0.305 e. The van der Waals surface area contributed by atoms with Crippen LogP contribution in [0.1, 0.15) is 335 Å². The molecule has 6 heteroatoms. The van der Waals surface area contributed by atoms with Crippen LogP contribution in [0.15, 0.2) is 48.6 Å². The molecule has 2 unspecified atom stereocenters. The number of carbonyl (C=O) groups excluding carboxylic acids is 2. The van der Waals surface area contributed by atoms with Crippen LogP contribution in [-0.4, -0.2) is 47.4 Å². The van der Waals surface area contributed by atoms with E-state index in [1.165, 1.54) is 257 Å². The number of amides is 1. The number of aliphatic hydroxyl groups is 2. The Labute approximate surface area is 448 Å². The van der Waals surface area contributed by atoms with Crippen molar-refractivity contribution in [2.24, 2.45) is 0 Å². The summed E-state index contributed by atoms with van der Waals surface area (Å²) in [4.78, 5) is 24.5. The molecule has 0 aliphatic carbocycles. The lowest BCUT2D eigenvalue weighted by molar-refractivity contribution is -0.143. The van der Waals surface area contributed by atoms with E-state index in [2.05, 4.69) is 55.6 Å². The number of nitrogens with one attached hydrogen (secondary N) is 1. The summed E-state index contributed by atoms with van der Waals surface area (Å²) >= 11 is 0. The van der Waals surface area contributed by atoms with Gasteiger partial charge >= 0.3 is 5.97 Å². The summed E-state index contributed by atoms with van der Waals surface area (Å²) in [6.45, 7) is 4.88. The largest absolute Gasteiger partial charge is 0.466 e. The molecule has 0 aliphatic rings. The van der Waals surface area contributed by atoms with Gasteiger partial charge in [-0.2, -0.15) is 0 Å². The van der Waals surface area contributed by atoms with E-state index in [1.54, 1.807) is 6.08 Å². The van der Waals surface area contributed by atoms with Crippen molar-refractivity contribution in [3.05, 3.63) is 48.6 Å². The molecule has 0 rings (SSSR count). The lowest BCUT2D eigenvalue weighted by Gasteiger charge is -2.20. The van der Waals surface area contributed by atoms with Crippen molar-refractivity contribution in [1.29, 1.82) is 0 Å². The average molecular weight is 1010 g/mol. The molecule has 0 heterocycles. The smallest absolute Gasteiger partial charge is 0.305 e. The number of allylic oxidation sites excluding steroid dienone is 7. The lowest BCUT2D eigenvalue weighted by atomic mass is 10.0. The van der Waals surface area contributed by atoms with E-state index in [9.17, 15) is 19.8 Å². The Morgan fingerprint density at radius 3 is 1.08 bits per heavy atom. The highest BCUT2D eigenvalue weighted by molar-refractivity contribution is 5.76. The molecule has 422 valence electrons. The van der Waals surface area contributed by atoms with Gasteiger partial charge in [0.25, 0.3) is 0 Å². The molecule has 0 aliphatic heterocycles. The van der Waals surface area contributed by atoms with Crippen LogP contribution in [0.4, 0.5) is 0 Å². The highest BCUT2D eigenvalue weighted by Gasteiger charge is 2.18. The van der Waals surface area contributed by atoms with Gasteiger partial charge in [0.05, 0.1) is 25.4 Å². The van der Waals surface area contributed by atoms with Gasteiger partial charge in [-0.25, -0.2) is 0 Å². The maximum absolute atomic E-state index is 12.4. The quantitative estimate of drug-likeness (QED) is 0.0320. The van der Waals surface area contributed by atoms with Crippen LogP contribution in [-0.2, 0) is 14.3 Å². The molecule has 0 radical (unpaired) electrons. The van der Waals surface area contributed by atoms with E-state index >= 15 is 0 Å². The molecule has 6 nitrogen and oxygen atoms in total. The Morgan fingerprint density at radius 2 is 0.694 bits per heavy atom. The molecule has 0 aromatic rings. The molecular weight excluding hydrogens is 887 g/mol. The van der Waals surface area contributed by atoms with Crippen molar-refractivity contribution in [2.45, 2.75) is 347 Å². The van der Waals surface area contributed by atoms with Gasteiger partial charge in [0.1, 0.15) is 0 Å². The van der Waals surface area contributed by atoms with Crippen molar-refractivity contribution in [1.82, 2.24) is 5.32 Å². The first-order valence-electron chi connectivity index (χ1n) is 31.9. The summed E-state index contributed by atoms with van der Waals surface area (Å²) in [6.07, 6.45) is 78.7. The minimum atomic E-state index is -0.845. The first-order valence-corrected chi connectivity index (χ1v) is 31.9. The number of esters is 1. The van der Waals surface area contributed by atoms with E-state index < -0.39 is 12.1 Å². The normalized spacial score (nSPS) is 12.9. The summed E-state index contributed by atoms with van der Waals surface area (Å²) < 4.78 is 5.48. The Balaban J connectivity index is 3.41. The molecule has 0 saturated carbocycles. The SMILES string of the molecule is CCCCCC/C=C\C/C=C\CCCCCCCC(=O)OCCCCCCCCCCCCCC/C=C\CCCCCCCCCCCCC(=O)NC(CO)C(O)/C=C/CCCCCCCCCCCCC. The molecule has 0 saturated heterocycles. The highest BCUT2D eigenvalue weighted by atomic mass is 16.5. The summed E-state index contributed by atoms with van der Waals surface area (Å²) in [7, 11) is 0. The monoisotopic (exact) mass is 1010 g/mol. The van der Waals surface area contributed by atoms with E-state index in [0.717, 1.165) is 51.4 Å². The average Bonchev–Trinajstić information content (AvgIpc) is 3.38. The zero-order valence-corrected chi connectivity index (χ0v) is 48.2. The summed E-state index contributed by atoms with van der Waals surface area (Å²) in [6, 6.07) is -0.629. The van der Waals surface area contributed by atoms with Crippen LogP contribution in [0.25, 0.3) is 0 Å². The predicted molar refractivity (Wildman–Crippen MR) is 315 cm³/mol. The van der Waals surface area contributed by atoms with E-state index in [1.807, 2.05) is 6.08 Å². The zero-order chi connectivity index (χ0) is 52.2. The van der Waals surface area contributed by atoms with Gasteiger partial charge in [-0.3, -0.25) is 9.59 Å². The Kier molecular flexibility index (Phi) is 59.5. The number of ether oxygens (including phenoxy) is 1. The molecule has 0 bridgehead atoms. The first kappa shape index (κ1) is 69.8. The Bertz CT molecular complexity index is 1210. The second kappa shape index (κ2) is 61.4. The summed E-state index contributed by atoms with van der Waals surface area (Å²) in [5.41, 5.74) is 0. The van der Waals surface area contributed by atoms with Crippen molar-refractivity contribution >= 4 is 11.9 Å². The highest BCUT2D eigenvalue weighted by Crippen LogP contribution is 2.17. The summed E-state index contributed by atoms with van der Waals surface area (Å²) in [5, 5.41) is 23.1. The van der Waals surface area contributed by atoms with Gasteiger partial charge in [-0.15, -0.1) is 0 Å². The van der Waals surface area contributed by atoms with Crippen LogP contribution in [0.3, 0.4) is 0 Å². The number of aliphatic hydroxyl groups excluding tert-OH is 2. The minimum absolute atomic E-state index is 0.000143. The van der Waals surface area contributed by atoms with Crippen molar-refractivity contribution in [3.8, 4) is 0 Å². The van der Waals surface area contributed by atoms with Gasteiger partial charge in [0.15, 0.2) is 0 Å². The van der Waals surface area contributed by atoms with Gasteiger partial charge in [0.2, 0.25) is 5.91 Å². The number of hydrogen-bond donors (Lipinski definition) is 3. The second-order valence-electron chi connectivity index (χ2n) is 21.7. The molecule has 72 heavy (non-hydrogen) atoms. The fourth-order valence-corrected chi connectivity index (χ4v) is 9.66. The van der Waals surface area contributed by atoms with Gasteiger partial charge < -0.3 is 20.3 Å². The second-order valence-corrected chi connectivity index (χ2v) is 21.7. The molecule has 3 N–H and O–H groups in total. The molecule has 0 spiro atoms. The number of carbonyl (C=O) groups is 2. The van der Waals surface area contributed by atoms with Crippen LogP contribution in [0, 0.1) is 0 Å². The van der Waals surface area contributed by atoms with Crippen LogP contribution >= 0.6 is 0 Å². The lowest BCUT2D eigenvalue weighted by Crippen LogP contribution is -2.45. The third kappa shape index (κ3) is 57.1. The fraction of sp³-hybridized carbons (Fsp3) is 0.848. The van der Waals surface area contributed by atoms with Gasteiger partial charge in [-0.1, -0.05) is 281 Å². The number of hydrogen-bond acceptors (Lipinski definition) is 5. The van der Waals surface area contributed by atoms with Crippen LogP contribution < -0.4 is 5.32 Å². The van der Waals surface area contributed by atoms with Crippen molar-refractivity contribution < 1.29 is 24.5 Å². The minimum Gasteiger partial charge on any atom is -0.466 e.